The van der Waals surface area contributed by atoms with E-state index >= 15 is 0 Å². The molecule has 2 atom stereocenters. The molecule has 0 saturated carbocycles. The summed E-state index contributed by atoms with van der Waals surface area (Å²) < 4.78 is 10.8. The molecule has 23 heavy (non-hydrogen) atoms. The van der Waals surface area contributed by atoms with Gasteiger partial charge in [0.25, 0.3) is 0 Å². The fourth-order valence-corrected chi connectivity index (χ4v) is 2.28. The highest BCUT2D eigenvalue weighted by atomic mass is 16.6. The van der Waals surface area contributed by atoms with Crippen LogP contribution in [0, 0.1) is 11.8 Å². The van der Waals surface area contributed by atoms with Gasteiger partial charge < -0.3 is 9.47 Å². The molecule has 128 valence electrons. The van der Waals surface area contributed by atoms with Gasteiger partial charge in [-0.15, -0.1) is 0 Å². The SMILES string of the molecule is CCCC(C(=O)OC(C)(C)C)C(C)C(=O)OCc1ccccc1. The summed E-state index contributed by atoms with van der Waals surface area (Å²) in [6.07, 6.45) is 1.41. The van der Waals surface area contributed by atoms with Crippen molar-refractivity contribution in [2.75, 3.05) is 0 Å². The molecule has 0 saturated heterocycles. The van der Waals surface area contributed by atoms with Crippen LogP contribution in [0.25, 0.3) is 0 Å². The molecule has 1 aromatic rings. The van der Waals surface area contributed by atoms with E-state index in [0.29, 0.717) is 6.42 Å². The third kappa shape index (κ3) is 6.85. The van der Waals surface area contributed by atoms with Gasteiger partial charge >= 0.3 is 11.9 Å². The van der Waals surface area contributed by atoms with Crippen molar-refractivity contribution >= 4 is 11.9 Å². The smallest absolute Gasteiger partial charge is 0.310 e. The molecular formula is C19H28O4. The molecule has 0 aliphatic carbocycles. The van der Waals surface area contributed by atoms with Gasteiger partial charge in [0, 0.05) is 0 Å². The Morgan fingerprint density at radius 3 is 2.22 bits per heavy atom. The summed E-state index contributed by atoms with van der Waals surface area (Å²) >= 11 is 0. The van der Waals surface area contributed by atoms with E-state index in [0.717, 1.165) is 12.0 Å². The average molecular weight is 320 g/mol. The highest BCUT2D eigenvalue weighted by molar-refractivity contribution is 5.82. The van der Waals surface area contributed by atoms with Crippen LogP contribution in [0.3, 0.4) is 0 Å². The van der Waals surface area contributed by atoms with Gasteiger partial charge in [-0.25, -0.2) is 0 Å². The Morgan fingerprint density at radius 2 is 1.70 bits per heavy atom. The van der Waals surface area contributed by atoms with Gasteiger partial charge in [0.05, 0.1) is 11.8 Å². The predicted octanol–water partition coefficient (Wildman–Crippen LogP) is 4.12. The zero-order chi connectivity index (χ0) is 17.5. The summed E-state index contributed by atoms with van der Waals surface area (Å²) in [5.41, 5.74) is 0.369. The number of carbonyl (C=O) groups is 2. The summed E-state index contributed by atoms with van der Waals surface area (Å²) in [6, 6.07) is 9.50. The van der Waals surface area contributed by atoms with Crippen molar-refractivity contribution in [3.8, 4) is 0 Å². The van der Waals surface area contributed by atoms with E-state index in [1.807, 2.05) is 58.0 Å². The number of hydrogen-bond donors (Lipinski definition) is 0. The van der Waals surface area contributed by atoms with Crippen LogP contribution in [0.15, 0.2) is 30.3 Å². The minimum atomic E-state index is -0.559. The quantitative estimate of drug-likeness (QED) is 0.709. The number of benzene rings is 1. The fourth-order valence-electron chi connectivity index (χ4n) is 2.28. The minimum absolute atomic E-state index is 0.219. The predicted molar refractivity (Wildman–Crippen MR) is 89.6 cm³/mol. The average Bonchev–Trinajstić information content (AvgIpc) is 2.48. The second kappa shape index (κ2) is 8.70. The highest BCUT2D eigenvalue weighted by Crippen LogP contribution is 2.24. The van der Waals surface area contributed by atoms with E-state index in [1.54, 1.807) is 6.92 Å². The lowest BCUT2D eigenvalue weighted by Crippen LogP contribution is -2.35. The molecule has 0 heterocycles. The van der Waals surface area contributed by atoms with E-state index in [2.05, 4.69) is 0 Å². The lowest BCUT2D eigenvalue weighted by molar-refractivity contribution is -0.168. The highest BCUT2D eigenvalue weighted by Gasteiger charge is 2.33. The molecule has 0 amide bonds. The van der Waals surface area contributed by atoms with Crippen LogP contribution in [-0.2, 0) is 25.7 Å². The van der Waals surface area contributed by atoms with Gasteiger partial charge in [0.2, 0.25) is 0 Å². The summed E-state index contributed by atoms with van der Waals surface area (Å²) in [6.45, 7) is 9.42. The largest absolute Gasteiger partial charge is 0.461 e. The Morgan fingerprint density at radius 1 is 1.09 bits per heavy atom. The van der Waals surface area contributed by atoms with Crippen LogP contribution in [0.5, 0.6) is 0 Å². The van der Waals surface area contributed by atoms with Crippen molar-refractivity contribution in [1.29, 1.82) is 0 Å². The molecule has 4 heteroatoms. The van der Waals surface area contributed by atoms with E-state index in [1.165, 1.54) is 0 Å². The van der Waals surface area contributed by atoms with E-state index in [4.69, 9.17) is 9.47 Å². The Labute approximate surface area is 139 Å². The molecule has 0 spiro atoms. The molecule has 4 nitrogen and oxygen atoms in total. The molecule has 2 unspecified atom stereocenters. The molecule has 0 aliphatic rings. The second-order valence-corrected chi connectivity index (χ2v) is 6.81. The normalized spacial score (nSPS) is 14.0. The van der Waals surface area contributed by atoms with Crippen molar-refractivity contribution in [2.45, 2.75) is 59.7 Å². The molecule has 0 aromatic heterocycles. The first-order valence-electron chi connectivity index (χ1n) is 8.18. The van der Waals surface area contributed by atoms with Gasteiger partial charge in [-0.1, -0.05) is 50.6 Å². The summed E-state index contributed by atoms with van der Waals surface area (Å²) in [4.78, 5) is 24.6. The Kier molecular flexibility index (Phi) is 7.27. The van der Waals surface area contributed by atoms with Gasteiger partial charge in [-0.2, -0.15) is 0 Å². The summed E-state index contributed by atoms with van der Waals surface area (Å²) in [5.74, 6) is -1.68. The molecule has 0 aliphatic heterocycles. The number of esters is 2. The van der Waals surface area contributed by atoms with Gasteiger partial charge in [0.15, 0.2) is 0 Å². The van der Waals surface area contributed by atoms with Crippen LogP contribution in [0.4, 0.5) is 0 Å². The van der Waals surface area contributed by atoms with Gasteiger partial charge in [-0.05, 0) is 32.8 Å². The minimum Gasteiger partial charge on any atom is -0.461 e. The number of carbonyl (C=O) groups excluding carboxylic acids is 2. The maximum absolute atomic E-state index is 12.3. The Balaban J connectivity index is 2.66. The van der Waals surface area contributed by atoms with Crippen molar-refractivity contribution in [3.63, 3.8) is 0 Å². The molecule has 0 fully saturated rings. The molecule has 1 rings (SSSR count). The van der Waals surface area contributed by atoms with Crippen LogP contribution >= 0.6 is 0 Å². The third-order valence-electron chi connectivity index (χ3n) is 3.51. The van der Waals surface area contributed by atoms with E-state index in [-0.39, 0.29) is 18.5 Å². The summed E-state index contributed by atoms with van der Waals surface area (Å²) in [7, 11) is 0. The number of rotatable bonds is 7. The number of ether oxygens (including phenoxy) is 2. The van der Waals surface area contributed by atoms with Gasteiger partial charge in [-0.3, -0.25) is 9.59 Å². The monoisotopic (exact) mass is 320 g/mol. The first-order valence-corrected chi connectivity index (χ1v) is 8.18. The van der Waals surface area contributed by atoms with Crippen LogP contribution < -0.4 is 0 Å². The topological polar surface area (TPSA) is 52.6 Å². The first kappa shape index (κ1) is 19.2. The van der Waals surface area contributed by atoms with Crippen molar-refractivity contribution < 1.29 is 19.1 Å². The molecule has 0 radical (unpaired) electrons. The zero-order valence-corrected chi connectivity index (χ0v) is 14.8. The third-order valence-corrected chi connectivity index (χ3v) is 3.51. The van der Waals surface area contributed by atoms with E-state index < -0.39 is 17.4 Å². The standard InChI is InChI=1S/C19H28O4/c1-6-10-16(18(21)23-19(3,4)5)14(2)17(20)22-13-15-11-8-7-9-12-15/h7-9,11-12,14,16H,6,10,13H2,1-5H3. The van der Waals surface area contributed by atoms with Crippen molar-refractivity contribution in [2.24, 2.45) is 11.8 Å². The molecule has 0 N–H and O–H groups in total. The van der Waals surface area contributed by atoms with Crippen LogP contribution in [0.1, 0.15) is 53.0 Å². The molecule has 1 aromatic carbocycles. The van der Waals surface area contributed by atoms with E-state index in [9.17, 15) is 9.59 Å². The van der Waals surface area contributed by atoms with Crippen LogP contribution in [0.2, 0.25) is 0 Å². The zero-order valence-electron chi connectivity index (χ0n) is 14.8. The maximum Gasteiger partial charge on any atom is 0.310 e. The lowest BCUT2D eigenvalue weighted by atomic mass is 9.89. The molecule has 0 bridgehead atoms. The Hall–Kier alpha value is -1.84. The van der Waals surface area contributed by atoms with Crippen molar-refractivity contribution in [3.05, 3.63) is 35.9 Å². The summed E-state index contributed by atoms with van der Waals surface area (Å²) in [5, 5.41) is 0. The van der Waals surface area contributed by atoms with Crippen molar-refractivity contribution in [1.82, 2.24) is 0 Å². The molecular weight excluding hydrogens is 292 g/mol. The number of hydrogen-bond acceptors (Lipinski definition) is 4. The Bertz CT molecular complexity index is 502. The first-order chi connectivity index (χ1) is 10.7. The lowest BCUT2D eigenvalue weighted by Gasteiger charge is -2.26. The fraction of sp³-hybridized carbons (Fsp3) is 0.579. The second-order valence-electron chi connectivity index (χ2n) is 6.81. The van der Waals surface area contributed by atoms with Gasteiger partial charge in [0.1, 0.15) is 12.2 Å². The maximum atomic E-state index is 12.3. The van der Waals surface area contributed by atoms with Crippen LogP contribution in [-0.4, -0.2) is 17.5 Å².